The van der Waals surface area contributed by atoms with E-state index < -0.39 is 0 Å². The van der Waals surface area contributed by atoms with Gasteiger partial charge in [0.2, 0.25) is 0 Å². The smallest absolute Gasteiger partial charge is 0.129 e. The maximum Gasteiger partial charge on any atom is 0.129 e. The molecule has 0 radical (unpaired) electrons. The number of hydrogen-bond donors (Lipinski definition) is 0. The molecule has 0 bridgehead atoms. The molecule has 0 aliphatic heterocycles. The molecule has 0 spiro atoms. The van der Waals surface area contributed by atoms with Crippen molar-refractivity contribution in [2.24, 2.45) is 0 Å². The molecule has 0 saturated carbocycles. The van der Waals surface area contributed by atoms with Crippen LogP contribution in [0.3, 0.4) is 0 Å². The van der Waals surface area contributed by atoms with Crippen molar-refractivity contribution in [3.63, 3.8) is 0 Å². The number of hydrogen-bond acceptors (Lipinski definition) is 2. The van der Waals surface area contributed by atoms with Crippen molar-refractivity contribution in [1.82, 2.24) is 9.97 Å². The van der Waals surface area contributed by atoms with Crippen LogP contribution in [-0.4, -0.2) is 9.97 Å². The summed E-state index contributed by atoms with van der Waals surface area (Å²) in [5.41, 5.74) is 0. The molecule has 0 aliphatic rings. The van der Waals surface area contributed by atoms with Crippen LogP contribution in [0, 0.1) is 3.70 Å². The maximum atomic E-state index is 4.17. The number of halogens is 1. The van der Waals surface area contributed by atoms with E-state index in [2.05, 4.69) is 32.6 Å². The predicted molar refractivity (Wildman–Crippen MR) is 44.1 cm³/mol. The van der Waals surface area contributed by atoms with Gasteiger partial charge < -0.3 is 0 Å². The zero-order valence-corrected chi connectivity index (χ0v) is 7.29. The Labute approximate surface area is 67.9 Å². The van der Waals surface area contributed by atoms with E-state index in [-0.39, 0.29) is 0 Å². The minimum absolute atomic E-state index is 0.914. The van der Waals surface area contributed by atoms with Crippen LogP contribution in [0.25, 0.3) is 0 Å². The third-order valence-electron chi connectivity index (χ3n) is 0.988. The molecule has 0 saturated heterocycles. The van der Waals surface area contributed by atoms with Gasteiger partial charge in [0.05, 0.1) is 0 Å². The molecular weight excluding hydrogens is 227 g/mol. The van der Waals surface area contributed by atoms with E-state index in [0.29, 0.717) is 0 Å². The molecule has 1 aromatic rings. The monoisotopic (exact) mass is 234 g/mol. The molecule has 9 heavy (non-hydrogen) atoms. The first kappa shape index (κ1) is 6.92. The Hall–Kier alpha value is -0.190. The zero-order valence-electron chi connectivity index (χ0n) is 5.13. The lowest BCUT2D eigenvalue weighted by molar-refractivity contribution is 0.926. The van der Waals surface area contributed by atoms with E-state index in [1.54, 1.807) is 6.20 Å². The van der Waals surface area contributed by atoms with E-state index in [0.717, 1.165) is 15.9 Å². The topological polar surface area (TPSA) is 25.8 Å². The SMILES string of the molecule is CCc1nccc(I)n1. The minimum Gasteiger partial charge on any atom is -0.241 e. The maximum absolute atomic E-state index is 4.17. The van der Waals surface area contributed by atoms with Crippen molar-refractivity contribution < 1.29 is 0 Å². The van der Waals surface area contributed by atoms with Gasteiger partial charge in [0.25, 0.3) is 0 Å². The van der Waals surface area contributed by atoms with Crippen molar-refractivity contribution >= 4 is 22.6 Å². The van der Waals surface area contributed by atoms with Crippen LogP contribution in [0.1, 0.15) is 12.7 Å². The first-order chi connectivity index (χ1) is 4.33. The molecule has 0 aromatic carbocycles. The lowest BCUT2D eigenvalue weighted by Crippen LogP contribution is -1.92. The molecule has 1 aromatic heterocycles. The fourth-order valence-electron chi connectivity index (χ4n) is 0.545. The van der Waals surface area contributed by atoms with Gasteiger partial charge >= 0.3 is 0 Å². The average molecular weight is 234 g/mol. The van der Waals surface area contributed by atoms with E-state index in [4.69, 9.17) is 0 Å². The van der Waals surface area contributed by atoms with Crippen LogP contribution in [-0.2, 0) is 6.42 Å². The number of rotatable bonds is 1. The highest BCUT2D eigenvalue weighted by molar-refractivity contribution is 14.1. The van der Waals surface area contributed by atoms with Crippen LogP contribution in [0.2, 0.25) is 0 Å². The summed E-state index contributed by atoms with van der Waals surface area (Å²) in [5, 5.41) is 0. The molecule has 2 nitrogen and oxygen atoms in total. The number of aryl methyl sites for hydroxylation is 1. The Morgan fingerprint density at radius 2 is 2.44 bits per heavy atom. The second-order valence-electron chi connectivity index (χ2n) is 1.65. The van der Waals surface area contributed by atoms with E-state index in [1.165, 1.54) is 0 Å². The summed E-state index contributed by atoms with van der Waals surface area (Å²) in [6, 6.07) is 1.89. The standard InChI is InChI=1S/C6H7IN2/c1-2-6-8-4-3-5(7)9-6/h3-4H,2H2,1H3. The normalized spacial score (nSPS) is 9.56. The lowest BCUT2D eigenvalue weighted by atomic mass is 10.4. The Balaban J connectivity index is 2.94. The van der Waals surface area contributed by atoms with Crippen LogP contribution < -0.4 is 0 Å². The van der Waals surface area contributed by atoms with Gasteiger partial charge in [-0.1, -0.05) is 6.92 Å². The molecule has 1 heterocycles. The van der Waals surface area contributed by atoms with Crippen molar-refractivity contribution in [1.29, 1.82) is 0 Å². The van der Waals surface area contributed by atoms with Crippen molar-refractivity contribution in [2.45, 2.75) is 13.3 Å². The van der Waals surface area contributed by atoms with E-state index in [1.807, 2.05) is 13.0 Å². The number of aromatic nitrogens is 2. The van der Waals surface area contributed by atoms with Crippen LogP contribution in [0.5, 0.6) is 0 Å². The van der Waals surface area contributed by atoms with Gasteiger partial charge in [-0.25, -0.2) is 9.97 Å². The summed E-state index contributed by atoms with van der Waals surface area (Å²) in [7, 11) is 0. The highest BCUT2D eigenvalue weighted by atomic mass is 127. The minimum atomic E-state index is 0.914. The highest BCUT2D eigenvalue weighted by Crippen LogP contribution is 1.98. The summed E-state index contributed by atoms with van der Waals surface area (Å²) in [5.74, 6) is 0.918. The van der Waals surface area contributed by atoms with Gasteiger partial charge in [0, 0.05) is 12.6 Å². The van der Waals surface area contributed by atoms with E-state index in [9.17, 15) is 0 Å². The van der Waals surface area contributed by atoms with Crippen LogP contribution >= 0.6 is 22.6 Å². The molecular formula is C6H7IN2. The summed E-state index contributed by atoms with van der Waals surface area (Å²) in [6.45, 7) is 2.05. The molecule has 0 amide bonds. The van der Waals surface area contributed by atoms with Crippen molar-refractivity contribution in [3.8, 4) is 0 Å². The molecule has 3 heteroatoms. The third-order valence-corrected chi connectivity index (χ3v) is 1.59. The summed E-state index contributed by atoms with van der Waals surface area (Å²) in [6.07, 6.45) is 2.70. The fourth-order valence-corrected chi connectivity index (χ4v) is 0.984. The molecule has 0 N–H and O–H groups in total. The Morgan fingerprint density at radius 1 is 1.67 bits per heavy atom. The molecule has 0 aliphatic carbocycles. The molecule has 0 unspecified atom stereocenters. The summed E-state index contributed by atoms with van der Waals surface area (Å²) < 4.78 is 1.01. The zero-order chi connectivity index (χ0) is 6.69. The molecule has 48 valence electrons. The Morgan fingerprint density at radius 3 is 2.89 bits per heavy atom. The fraction of sp³-hybridized carbons (Fsp3) is 0.333. The summed E-state index contributed by atoms with van der Waals surface area (Å²) in [4.78, 5) is 8.21. The highest BCUT2D eigenvalue weighted by Gasteiger charge is 1.90. The Bertz CT molecular complexity index is 200. The summed E-state index contributed by atoms with van der Waals surface area (Å²) >= 11 is 2.18. The van der Waals surface area contributed by atoms with Gasteiger partial charge in [0.15, 0.2) is 0 Å². The first-order valence-electron chi connectivity index (χ1n) is 2.80. The molecule has 0 atom stereocenters. The lowest BCUT2D eigenvalue weighted by Gasteiger charge is -1.92. The van der Waals surface area contributed by atoms with Gasteiger partial charge in [-0.15, -0.1) is 0 Å². The largest absolute Gasteiger partial charge is 0.241 e. The average Bonchev–Trinajstić information content (AvgIpc) is 1.88. The quantitative estimate of drug-likeness (QED) is 0.545. The first-order valence-corrected chi connectivity index (χ1v) is 3.88. The molecule has 1 rings (SSSR count). The van der Waals surface area contributed by atoms with Gasteiger partial charge in [-0.3, -0.25) is 0 Å². The van der Waals surface area contributed by atoms with Crippen LogP contribution in [0.4, 0.5) is 0 Å². The predicted octanol–water partition coefficient (Wildman–Crippen LogP) is 1.64. The second kappa shape index (κ2) is 3.10. The van der Waals surface area contributed by atoms with Crippen molar-refractivity contribution in [3.05, 3.63) is 21.8 Å². The van der Waals surface area contributed by atoms with Crippen molar-refractivity contribution in [2.75, 3.05) is 0 Å². The van der Waals surface area contributed by atoms with Gasteiger partial charge in [-0.2, -0.15) is 0 Å². The van der Waals surface area contributed by atoms with Crippen LogP contribution in [0.15, 0.2) is 12.3 Å². The van der Waals surface area contributed by atoms with Gasteiger partial charge in [0.1, 0.15) is 9.53 Å². The number of nitrogens with zero attached hydrogens (tertiary/aromatic N) is 2. The Kier molecular flexibility index (Phi) is 2.38. The van der Waals surface area contributed by atoms with E-state index >= 15 is 0 Å². The molecule has 0 fully saturated rings. The second-order valence-corrected chi connectivity index (χ2v) is 2.75. The van der Waals surface area contributed by atoms with Gasteiger partial charge in [-0.05, 0) is 28.7 Å². The third kappa shape index (κ3) is 1.89.